The molecule has 0 bridgehead atoms. The molecule has 0 amide bonds. The van der Waals surface area contributed by atoms with Gasteiger partial charge in [0.05, 0.1) is 0 Å². The van der Waals surface area contributed by atoms with Gasteiger partial charge in [0.25, 0.3) is 0 Å². The van der Waals surface area contributed by atoms with Gasteiger partial charge in [0.15, 0.2) is 5.96 Å². The van der Waals surface area contributed by atoms with Crippen molar-refractivity contribution in [1.82, 2.24) is 9.80 Å². The molecule has 1 atom stereocenters. The summed E-state index contributed by atoms with van der Waals surface area (Å²) in [7, 11) is 5.98. The van der Waals surface area contributed by atoms with Crippen LogP contribution in [0.4, 0.5) is 0 Å². The second-order valence-electron chi connectivity index (χ2n) is 5.52. The van der Waals surface area contributed by atoms with E-state index in [0.29, 0.717) is 0 Å². The Morgan fingerprint density at radius 3 is 2.50 bits per heavy atom. The summed E-state index contributed by atoms with van der Waals surface area (Å²) in [6.45, 7) is 4.48. The first-order chi connectivity index (χ1) is 8.57. The maximum absolute atomic E-state index is 4.40. The van der Waals surface area contributed by atoms with Crippen molar-refractivity contribution in [2.45, 2.75) is 18.8 Å². The standard InChI is InChI=1S/C15H23N3/c1-15(13-8-6-5-7-9-13)10-11-18(12-15)14(16-2)17(3)4/h5-9H,10-12H2,1-4H3. The molecule has 1 aliphatic heterocycles. The minimum absolute atomic E-state index is 0.243. The second kappa shape index (κ2) is 5.01. The van der Waals surface area contributed by atoms with Crippen molar-refractivity contribution in [3.05, 3.63) is 35.9 Å². The molecule has 3 heteroatoms. The highest BCUT2D eigenvalue weighted by atomic mass is 15.4. The van der Waals surface area contributed by atoms with Crippen LogP contribution in [-0.2, 0) is 5.41 Å². The molecule has 3 nitrogen and oxygen atoms in total. The number of nitrogens with zero attached hydrogens (tertiary/aromatic N) is 3. The first kappa shape index (κ1) is 12.9. The van der Waals surface area contributed by atoms with Crippen LogP contribution in [0.25, 0.3) is 0 Å². The zero-order valence-corrected chi connectivity index (χ0v) is 11.8. The fraction of sp³-hybridized carbons (Fsp3) is 0.533. The Balaban J connectivity index is 2.17. The van der Waals surface area contributed by atoms with Crippen LogP contribution in [0, 0.1) is 0 Å². The quantitative estimate of drug-likeness (QED) is 0.558. The molecule has 1 aromatic rings. The van der Waals surface area contributed by atoms with E-state index in [0.717, 1.165) is 19.0 Å². The van der Waals surface area contributed by atoms with Crippen LogP contribution in [0.2, 0.25) is 0 Å². The lowest BCUT2D eigenvalue weighted by molar-refractivity contribution is 0.400. The fourth-order valence-corrected chi connectivity index (χ4v) is 2.83. The van der Waals surface area contributed by atoms with Crippen molar-refractivity contribution in [2.75, 3.05) is 34.2 Å². The predicted octanol–water partition coefficient (Wildman–Crippen LogP) is 2.20. The lowest BCUT2D eigenvalue weighted by Crippen LogP contribution is -2.40. The highest BCUT2D eigenvalue weighted by Gasteiger charge is 2.36. The van der Waals surface area contributed by atoms with Gasteiger partial charge >= 0.3 is 0 Å². The third-order valence-corrected chi connectivity index (χ3v) is 3.83. The van der Waals surface area contributed by atoms with E-state index in [2.05, 4.69) is 66.1 Å². The molecule has 1 heterocycles. The van der Waals surface area contributed by atoms with Gasteiger partial charge < -0.3 is 9.80 Å². The molecule has 0 N–H and O–H groups in total. The highest BCUT2D eigenvalue weighted by Crippen LogP contribution is 2.34. The van der Waals surface area contributed by atoms with Gasteiger partial charge in [-0.2, -0.15) is 0 Å². The first-order valence-electron chi connectivity index (χ1n) is 6.51. The van der Waals surface area contributed by atoms with E-state index in [-0.39, 0.29) is 5.41 Å². The van der Waals surface area contributed by atoms with Gasteiger partial charge in [0.2, 0.25) is 0 Å². The van der Waals surface area contributed by atoms with Crippen LogP contribution in [0.1, 0.15) is 18.9 Å². The number of hydrogen-bond acceptors (Lipinski definition) is 1. The summed E-state index contributed by atoms with van der Waals surface area (Å²) < 4.78 is 0. The summed E-state index contributed by atoms with van der Waals surface area (Å²) in [6.07, 6.45) is 1.18. The number of benzene rings is 1. The highest BCUT2D eigenvalue weighted by molar-refractivity contribution is 5.80. The topological polar surface area (TPSA) is 18.8 Å². The molecule has 1 saturated heterocycles. The Hall–Kier alpha value is -1.51. The second-order valence-corrected chi connectivity index (χ2v) is 5.52. The Morgan fingerprint density at radius 2 is 1.94 bits per heavy atom. The third-order valence-electron chi connectivity index (χ3n) is 3.83. The van der Waals surface area contributed by atoms with Crippen LogP contribution in [0.15, 0.2) is 35.3 Å². The molecule has 0 radical (unpaired) electrons. The third kappa shape index (κ3) is 2.35. The summed E-state index contributed by atoms with van der Waals surface area (Å²) in [6, 6.07) is 10.8. The Morgan fingerprint density at radius 1 is 1.28 bits per heavy atom. The van der Waals surface area contributed by atoms with Gasteiger partial charge in [-0.3, -0.25) is 4.99 Å². The molecule has 0 spiro atoms. The molecule has 1 aliphatic rings. The molecule has 1 unspecified atom stereocenters. The average Bonchev–Trinajstić information content (AvgIpc) is 2.75. The minimum Gasteiger partial charge on any atom is -0.349 e. The SMILES string of the molecule is CN=C(N(C)C)N1CCC(C)(c2ccccc2)C1. The van der Waals surface area contributed by atoms with Gasteiger partial charge in [0, 0.05) is 39.6 Å². The van der Waals surface area contributed by atoms with Gasteiger partial charge in [-0.15, -0.1) is 0 Å². The molecular formula is C15H23N3. The molecule has 2 rings (SSSR count). The lowest BCUT2D eigenvalue weighted by atomic mass is 9.82. The van der Waals surface area contributed by atoms with E-state index in [9.17, 15) is 0 Å². The van der Waals surface area contributed by atoms with Gasteiger partial charge in [0.1, 0.15) is 0 Å². The van der Waals surface area contributed by atoms with Crippen LogP contribution >= 0.6 is 0 Å². The molecule has 98 valence electrons. The fourth-order valence-electron chi connectivity index (χ4n) is 2.83. The summed E-state index contributed by atoms with van der Waals surface area (Å²) in [5.74, 6) is 1.08. The molecule has 1 fully saturated rings. The Labute approximate surface area is 110 Å². The van der Waals surface area contributed by atoms with E-state index in [4.69, 9.17) is 0 Å². The van der Waals surface area contributed by atoms with Crippen molar-refractivity contribution < 1.29 is 0 Å². The minimum atomic E-state index is 0.243. The van der Waals surface area contributed by atoms with Crippen LogP contribution in [0.3, 0.4) is 0 Å². The van der Waals surface area contributed by atoms with E-state index in [1.807, 2.05) is 7.05 Å². The molecule has 0 saturated carbocycles. The summed E-state index contributed by atoms with van der Waals surface area (Å²) in [4.78, 5) is 8.87. The molecular weight excluding hydrogens is 222 g/mol. The normalized spacial score (nSPS) is 24.4. The molecule has 0 aromatic heterocycles. The van der Waals surface area contributed by atoms with Crippen molar-refractivity contribution in [1.29, 1.82) is 0 Å². The predicted molar refractivity (Wildman–Crippen MR) is 77.0 cm³/mol. The van der Waals surface area contributed by atoms with Crippen molar-refractivity contribution in [3.63, 3.8) is 0 Å². The van der Waals surface area contributed by atoms with E-state index in [1.54, 1.807) is 0 Å². The van der Waals surface area contributed by atoms with E-state index in [1.165, 1.54) is 12.0 Å². The average molecular weight is 245 g/mol. The van der Waals surface area contributed by atoms with Crippen LogP contribution in [0.5, 0.6) is 0 Å². The largest absolute Gasteiger partial charge is 0.349 e. The number of likely N-dealkylation sites (tertiary alicyclic amines) is 1. The van der Waals surface area contributed by atoms with Crippen LogP contribution < -0.4 is 0 Å². The van der Waals surface area contributed by atoms with E-state index >= 15 is 0 Å². The number of rotatable bonds is 1. The van der Waals surface area contributed by atoms with Gasteiger partial charge in [-0.05, 0) is 12.0 Å². The molecule has 0 aliphatic carbocycles. The smallest absolute Gasteiger partial charge is 0.195 e. The summed E-state index contributed by atoms with van der Waals surface area (Å²) in [5, 5.41) is 0. The van der Waals surface area contributed by atoms with Crippen molar-refractivity contribution in [3.8, 4) is 0 Å². The van der Waals surface area contributed by atoms with Gasteiger partial charge in [-0.1, -0.05) is 37.3 Å². The Bertz CT molecular complexity index is 425. The monoisotopic (exact) mass is 245 g/mol. The van der Waals surface area contributed by atoms with E-state index < -0.39 is 0 Å². The summed E-state index contributed by atoms with van der Waals surface area (Å²) in [5.41, 5.74) is 1.68. The zero-order chi connectivity index (χ0) is 13.2. The maximum Gasteiger partial charge on any atom is 0.195 e. The van der Waals surface area contributed by atoms with Crippen molar-refractivity contribution >= 4 is 5.96 Å². The number of aliphatic imine (C=N–C) groups is 1. The number of hydrogen-bond donors (Lipinski definition) is 0. The van der Waals surface area contributed by atoms with Crippen LogP contribution in [-0.4, -0.2) is 50.0 Å². The maximum atomic E-state index is 4.40. The molecule has 18 heavy (non-hydrogen) atoms. The molecule has 1 aromatic carbocycles. The van der Waals surface area contributed by atoms with Gasteiger partial charge in [-0.25, -0.2) is 0 Å². The number of guanidine groups is 1. The lowest BCUT2D eigenvalue weighted by Gasteiger charge is -2.29. The first-order valence-corrected chi connectivity index (χ1v) is 6.51. The zero-order valence-electron chi connectivity index (χ0n) is 11.8. The Kier molecular flexibility index (Phi) is 3.60. The van der Waals surface area contributed by atoms with Crippen molar-refractivity contribution in [2.24, 2.45) is 4.99 Å². The summed E-state index contributed by atoms with van der Waals surface area (Å²) >= 11 is 0.